The lowest BCUT2D eigenvalue weighted by Gasteiger charge is -2.25. The number of thiophene rings is 1. The fourth-order valence-electron chi connectivity index (χ4n) is 1.84. The third-order valence-corrected chi connectivity index (χ3v) is 6.15. The zero-order valence-electron chi connectivity index (χ0n) is 10.1. The van der Waals surface area contributed by atoms with E-state index in [0.29, 0.717) is 11.5 Å². The summed E-state index contributed by atoms with van der Waals surface area (Å²) in [5, 5.41) is 4.44. The molecule has 100 valence electrons. The summed E-state index contributed by atoms with van der Waals surface area (Å²) in [7, 11) is 1.47. The van der Waals surface area contributed by atoms with Crippen molar-refractivity contribution in [2.45, 2.75) is 36.4 Å². The highest BCUT2D eigenvalue weighted by Gasteiger charge is 2.39. The maximum atomic E-state index is 12.0. The number of carbonyl (C=O) groups excluding carboxylic acids is 1. The van der Waals surface area contributed by atoms with Gasteiger partial charge in [0.1, 0.15) is 4.21 Å². The van der Waals surface area contributed by atoms with Gasteiger partial charge in [-0.15, -0.1) is 11.3 Å². The van der Waals surface area contributed by atoms with Gasteiger partial charge in [0.15, 0.2) is 0 Å². The molecular weight excluding hydrogens is 294 g/mol. The summed E-state index contributed by atoms with van der Waals surface area (Å²) >= 11 is 0.954. The Balaban J connectivity index is 2.12. The molecule has 0 atom stereocenters. The number of nitrogens with one attached hydrogen (secondary N) is 1. The zero-order chi connectivity index (χ0) is 13.6. The van der Waals surface area contributed by atoms with Gasteiger partial charge >= 0.3 is 0 Å². The van der Waals surface area contributed by atoms with Gasteiger partial charge in [-0.2, -0.15) is 0 Å². The van der Waals surface area contributed by atoms with Crippen LogP contribution in [0.2, 0.25) is 0 Å². The van der Waals surface area contributed by atoms with E-state index in [4.69, 9.17) is 10.7 Å². The van der Waals surface area contributed by atoms with Crippen molar-refractivity contribution in [1.82, 2.24) is 5.32 Å². The van der Waals surface area contributed by atoms with Crippen molar-refractivity contribution in [2.24, 2.45) is 5.92 Å². The van der Waals surface area contributed by atoms with Crippen LogP contribution in [0.4, 0.5) is 0 Å². The molecule has 1 aromatic rings. The summed E-state index contributed by atoms with van der Waals surface area (Å²) < 4.78 is 22.2. The van der Waals surface area contributed by atoms with Crippen LogP contribution in [0.1, 0.15) is 37.0 Å². The van der Waals surface area contributed by atoms with Gasteiger partial charge in [0.05, 0.1) is 5.56 Å². The van der Waals surface area contributed by atoms with Crippen molar-refractivity contribution in [2.75, 3.05) is 0 Å². The van der Waals surface area contributed by atoms with Gasteiger partial charge in [0, 0.05) is 21.6 Å². The van der Waals surface area contributed by atoms with E-state index in [1.807, 2.05) is 13.8 Å². The molecule has 0 aliphatic heterocycles. The van der Waals surface area contributed by atoms with Crippen LogP contribution in [0.25, 0.3) is 0 Å². The van der Waals surface area contributed by atoms with Crippen LogP contribution in [0.3, 0.4) is 0 Å². The topological polar surface area (TPSA) is 63.2 Å². The van der Waals surface area contributed by atoms with Crippen LogP contribution in [-0.2, 0) is 9.05 Å². The summed E-state index contributed by atoms with van der Waals surface area (Å²) in [6, 6.07) is 1.31. The Morgan fingerprint density at radius 1 is 1.50 bits per heavy atom. The zero-order valence-corrected chi connectivity index (χ0v) is 12.5. The highest BCUT2D eigenvalue weighted by Crippen LogP contribution is 2.39. The van der Waals surface area contributed by atoms with Gasteiger partial charge in [0.25, 0.3) is 15.0 Å². The molecule has 0 aromatic carbocycles. The minimum absolute atomic E-state index is 0.00135. The van der Waals surface area contributed by atoms with Crippen molar-refractivity contribution in [3.8, 4) is 0 Å². The smallest absolute Gasteiger partial charge is 0.270 e. The molecule has 0 unspecified atom stereocenters. The molecule has 1 aromatic heterocycles. The number of halogens is 1. The molecule has 1 aliphatic carbocycles. The van der Waals surface area contributed by atoms with Crippen LogP contribution in [-0.4, -0.2) is 19.9 Å². The molecule has 0 radical (unpaired) electrons. The molecule has 1 N–H and O–H groups in total. The maximum absolute atomic E-state index is 12.0. The Hall–Kier alpha value is -0.590. The Labute approximate surface area is 115 Å². The molecule has 0 spiro atoms. The van der Waals surface area contributed by atoms with E-state index in [1.54, 1.807) is 0 Å². The first-order valence-electron chi connectivity index (χ1n) is 5.56. The standard InChI is InChI=1S/C11H14ClNO3S2/c1-11(2,8-3-4-8)13-10(14)7-5-9(17-6-7)18(12,15)16/h5-6,8H,3-4H2,1-2H3,(H,13,14). The molecule has 2 rings (SSSR count). The van der Waals surface area contributed by atoms with Gasteiger partial charge in [-0.25, -0.2) is 8.42 Å². The Morgan fingerprint density at radius 3 is 2.56 bits per heavy atom. The summed E-state index contributed by atoms with van der Waals surface area (Å²) in [6.07, 6.45) is 2.25. The van der Waals surface area contributed by atoms with Crippen LogP contribution >= 0.6 is 22.0 Å². The average Bonchev–Trinajstić information content (AvgIpc) is 2.94. The van der Waals surface area contributed by atoms with E-state index in [0.717, 1.165) is 24.2 Å². The summed E-state index contributed by atoms with van der Waals surface area (Å²) in [5.74, 6) is 0.256. The first kappa shape index (κ1) is 13.8. The summed E-state index contributed by atoms with van der Waals surface area (Å²) in [5.41, 5.74) is 0.0897. The lowest BCUT2D eigenvalue weighted by molar-refractivity contribution is 0.0903. The molecule has 1 fully saturated rings. The van der Waals surface area contributed by atoms with Crippen molar-refractivity contribution in [1.29, 1.82) is 0 Å². The van der Waals surface area contributed by atoms with Gasteiger partial charge in [-0.1, -0.05) is 0 Å². The Morgan fingerprint density at radius 2 is 2.11 bits per heavy atom. The maximum Gasteiger partial charge on any atom is 0.270 e. The van der Waals surface area contributed by atoms with Gasteiger partial charge in [0.2, 0.25) is 0 Å². The molecule has 18 heavy (non-hydrogen) atoms. The molecule has 1 aliphatic rings. The van der Waals surface area contributed by atoms with E-state index in [9.17, 15) is 13.2 Å². The van der Waals surface area contributed by atoms with E-state index in [1.165, 1.54) is 11.4 Å². The average molecular weight is 308 g/mol. The quantitative estimate of drug-likeness (QED) is 0.870. The molecule has 0 bridgehead atoms. The third kappa shape index (κ3) is 3.05. The first-order chi connectivity index (χ1) is 8.20. The number of hydrogen-bond donors (Lipinski definition) is 1. The number of amides is 1. The van der Waals surface area contributed by atoms with Gasteiger partial charge in [-0.05, 0) is 38.7 Å². The highest BCUT2D eigenvalue weighted by atomic mass is 35.7. The van der Waals surface area contributed by atoms with Gasteiger partial charge in [-0.3, -0.25) is 4.79 Å². The SMILES string of the molecule is CC(C)(NC(=O)c1csc(S(=O)(=O)Cl)c1)C1CC1. The van der Waals surface area contributed by atoms with E-state index < -0.39 is 9.05 Å². The van der Waals surface area contributed by atoms with Crippen LogP contribution in [0.5, 0.6) is 0 Å². The van der Waals surface area contributed by atoms with Crippen LogP contribution in [0, 0.1) is 5.92 Å². The third-order valence-electron chi connectivity index (χ3n) is 3.11. The fraction of sp³-hybridized carbons (Fsp3) is 0.545. The lowest BCUT2D eigenvalue weighted by Crippen LogP contribution is -2.45. The normalized spacial score (nSPS) is 16.6. The summed E-state index contributed by atoms with van der Waals surface area (Å²) in [4.78, 5) is 12.0. The predicted octanol–water partition coefficient (Wildman–Crippen LogP) is 2.59. The van der Waals surface area contributed by atoms with Crippen molar-refractivity contribution < 1.29 is 13.2 Å². The molecule has 1 saturated carbocycles. The second-order valence-corrected chi connectivity index (χ2v) is 8.75. The van der Waals surface area contributed by atoms with E-state index >= 15 is 0 Å². The Kier molecular flexibility index (Phi) is 3.46. The van der Waals surface area contributed by atoms with Crippen LogP contribution < -0.4 is 5.32 Å². The molecule has 0 saturated heterocycles. The second kappa shape index (κ2) is 4.51. The minimum atomic E-state index is -3.75. The predicted molar refractivity (Wildman–Crippen MR) is 71.6 cm³/mol. The first-order valence-corrected chi connectivity index (χ1v) is 8.75. The summed E-state index contributed by atoms with van der Waals surface area (Å²) in [6.45, 7) is 3.96. The lowest BCUT2D eigenvalue weighted by atomic mass is 9.98. The number of rotatable bonds is 4. The highest BCUT2D eigenvalue weighted by molar-refractivity contribution is 8.15. The van der Waals surface area contributed by atoms with Crippen molar-refractivity contribution in [3.63, 3.8) is 0 Å². The molecule has 7 heteroatoms. The van der Waals surface area contributed by atoms with E-state index in [2.05, 4.69) is 5.32 Å². The molecular formula is C11H14ClNO3S2. The largest absolute Gasteiger partial charge is 0.347 e. The molecule has 4 nitrogen and oxygen atoms in total. The van der Waals surface area contributed by atoms with Crippen molar-refractivity contribution in [3.05, 3.63) is 17.0 Å². The van der Waals surface area contributed by atoms with Crippen LogP contribution in [0.15, 0.2) is 15.7 Å². The Bertz CT molecular complexity index is 573. The monoisotopic (exact) mass is 307 g/mol. The molecule has 1 heterocycles. The minimum Gasteiger partial charge on any atom is -0.347 e. The molecule has 1 amide bonds. The fourth-order valence-corrected chi connectivity index (χ4v) is 3.78. The number of hydrogen-bond acceptors (Lipinski definition) is 4. The second-order valence-electron chi connectivity index (χ2n) is 5.04. The number of carbonyl (C=O) groups is 1. The van der Waals surface area contributed by atoms with Crippen molar-refractivity contribution >= 4 is 37.0 Å². The van der Waals surface area contributed by atoms with Gasteiger partial charge < -0.3 is 5.32 Å². The van der Waals surface area contributed by atoms with E-state index in [-0.39, 0.29) is 15.7 Å².